The van der Waals surface area contributed by atoms with Gasteiger partial charge in [-0.25, -0.2) is 0 Å². The monoisotopic (exact) mass is 284 g/mol. The van der Waals surface area contributed by atoms with Crippen LogP contribution in [0.25, 0.3) is 0 Å². The van der Waals surface area contributed by atoms with Gasteiger partial charge in [-0.1, -0.05) is 6.92 Å². The zero-order valence-corrected chi connectivity index (χ0v) is 12.3. The van der Waals surface area contributed by atoms with E-state index in [0.29, 0.717) is 13.1 Å². The third kappa shape index (κ3) is 2.81. The summed E-state index contributed by atoms with van der Waals surface area (Å²) >= 11 is 0. The van der Waals surface area contributed by atoms with Crippen LogP contribution in [0, 0.1) is 11.8 Å². The maximum absolute atomic E-state index is 12.5. The second kappa shape index (κ2) is 6.10. The molecule has 114 valence electrons. The first-order chi connectivity index (χ1) is 9.45. The van der Waals surface area contributed by atoms with Crippen molar-refractivity contribution in [2.45, 2.75) is 44.9 Å². The number of hydrogen-bond acceptors (Lipinski definition) is 4. The Bertz CT molecular complexity index is 377. The predicted octanol–water partition coefficient (Wildman–Crippen LogP) is -0.245. The second-order valence-electron chi connectivity index (χ2n) is 5.85. The number of rotatable bonds is 4. The predicted molar refractivity (Wildman–Crippen MR) is 72.9 cm³/mol. The lowest BCUT2D eigenvalue weighted by Crippen LogP contribution is -2.66. The van der Waals surface area contributed by atoms with Crippen molar-refractivity contribution in [2.24, 2.45) is 11.8 Å². The topological polar surface area (TPSA) is 78.9 Å². The largest absolute Gasteiger partial charge is 0.393 e. The molecule has 2 unspecified atom stereocenters. The van der Waals surface area contributed by atoms with Crippen LogP contribution in [-0.2, 0) is 14.3 Å². The van der Waals surface area contributed by atoms with Crippen LogP contribution < -0.4 is 5.32 Å². The molecule has 2 fully saturated rings. The van der Waals surface area contributed by atoms with Crippen molar-refractivity contribution in [1.29, 1.82) is 0 Å². The molecule has 20 heavy (non-hydrogen) atoms. The number of hydrogen-bond donors (Lipinski definition) is 2. The normalized spacial score (nSPS) is 30.4. The molecule has 2 aliphatic rings. The fourth-order valence-corrected chi connectivity index (χ4v) is 3.13. The van der Waals surface area contributed by atoms with Crippen molar-refractivity contribution >= 4 is 11.8 Å². The van der Waals surface area contributed by atoms with E-state index < -0.39 is 12.0 Å². The van der Waals surface area contributed by atoms with E-state index in [2.05, 4.69) is 5.32 Å². The summed E-state index contributed by atoms with van der Waals surface area (Å²) in [5.74, 6) is -0.880. The number of β-lactam (4-membered cyclic amide) rings is 1. The Morgan fingerprint density at radius 2 is 2.00 bits per heavy atom. The fourth-order valence-electron chi connectivity index (χ4n) is 3.13. The fraction of sp³-hybridized carbons (Fsp3) is 0.857. The Hall–Kier alpha value is -1.14. The molecule has 2 saturated heterocycles. The lowest BCUT2D eigenvalue weighted by Gasteiger charge is -2.43. The molecular formula is C14H24N2O4. The van der Waals surface area contributed by atoms with Gasteiger partial charge in [0.2, 0.25) is 11.8 Å². The molecule has 0 radical (unpaired) electrons. The summed E-state index contributed by atoms with van der Waals surface area (Å²) in [6, 6.07) is -0.254. The molecule has 4 atom stereocenters. The minimum absolute atomic E-state index is 0.0511. The Morgan fingerprint density at radius 1 is 1.40 bits per heavy atom. The molecule has 0 spiro atoms. The smallest absolute Gasteiger partial charge is 0.228 e. The Morgan fingerprint density at radius 3 is 2.45 bits per heavy atom. The van der Waals surface area contributed by atoms with Gasteiger partial charge in [0.15, 0.2) is 0 Å². The molecule has 0 bridgehead atoms. The molecule has 2 aliphatic heterocycles. The maximum atomic E-state index is 12.5. The number of nitrogens with zero attached hydrogens (tertiary/aromatic N) is 1. The van der Waals surface area contributed by atoms with Crippen molar-refractivity contribution < 1.29 is 19.4 Å². The molecule has 6 heteroatoms. The van der Waals surface area contributed by atoms with Gasteiger partial charge in [-0.05, 0) is 19.8 Å². The van der Waals surface area contributed by atoms with Crippen molar-refractivity contribution in [3.63, 3.8) is 0 Å². The zero-order chi connectivity index (χ0) is 14.9. The highest BCUT2D eigenvalue weighted by Crippen LogP contribution is 2.27. The molecule has 2 amide bonds. The average Bonchev–Trinajstić information content (AvgIpc) is 2.42. The summed E-state index contributed by atoms with van der Waals surface area (Å²) in [4.78, 5) is 25.7. The van der Waals surface area contributed by atoms with Gasteiger partial charge in [-0.15, -0.1) is 0 Å². The molecule has 2 N–H and O–H groups in total. The summed E-state index contributed by atoms with van der Waals surface area (Å²) in [7, 11) is 1.70. The first-order valence-electron chi connectivity index (χ1n) is 7.25. The lowest BCUT2D eigenvalue weighted by atomic mass is 9.78. The average molecular weight is 284 g/mol. The Kier molecular flexibility index (Phi) is 4.65. The molecule has 2 rings (SSSR count). The van der Waals surface area contributed by atoms with Gasteiger partial charge < -0.3 is 20.1 Å². The number of carbonyl (C=O) groups is 2. The van der Waals surface area contributed by atoms with Crippen LogP contribution in [0.1, 0.15) is 26.7 Å². The molecule has 6 nitrogen and oxygen atoms in total. The van der Waals surface area contributed by atoms with Crippen molar-refractivity contribution in [2.75, 3.05) is 20.2 Å². The van der Waals surface area contributed by atoms with Gasteiger partial charge in [-0.2, -0.15) is 0 Å². The van der Waals surface area contributed by atoms with Crippen LogP contribution in [0.4, 0.5) is 0 Å². The Labute approximate surface area is 119 Å². The van der Waals surface area contributed by atoms with Gasteiger partial charge in [-0.3, -0.25) is 9.59 Å². The van der Waals surface area contributed by atoms with Crippen molar-refractivity contribution in [3.05, 3.63) is 0 Å². The highest BCUT2D eigenvalue weighted by atomic mass is 16.5. The van der Waals surface area contributed by atoms with Crippen LogP contribution >= 0.6 is 0 Å². The maximum Gasteiger partial charge on any atom is 0.228 e. The summed E-state index contributed by atoms with van der Waals surface area (Å²) in [5.41, 5.74) is 0. The molecule has 0 aromatic rings. The minimum atomic E-state index is -0.719. The number of nitrogens with one attached hydrogen (secondary N) is 1. The molecule has 0 aliphatic carbocycles. The highest BCUT2D eigenvalue weighted by molar-refractivity contribution is 5.90. The van der Waals surface area contributed by atoms with E-state index in [0.717, 1.165) is 12.8 Å². The number of carbonyl (C=O) groups excluding carboxylic acids is 2. The highest BCUT2D eigenvalue weighted by Gasteiger charge is 2.47. The molecule has 0 aromatic heterocycles. The minimum Gasteiger partial charge on any atom is -0.393 e. The number of piperidine rings is 1. The van der Waals surface area contributed by atoms with Crippen LogP contribution in [0.2, 0.25) is 0 Å². The quantitative estimate of drug-likeness (QED) is 0.698. The number of likely N-dealkylation sites (tertiary alicyclic amines) is 1. The zero-order valence-electron chi connectivity index (χ0n) is 12.3. The summed E-state index contributed by atoms with van der Waals surface area (Å²) in [6.07, 6.45) is 1.23. The number of aliphatic hydroxyl groups is 1. The van der Waals surface area contributed by atoms with Crippen molar-refractivity contribution in [1.82, 2.24) is 10.2 Å². The third-order valence-corrected chi connectivity index (χ3v) is 4.53. The molecule has 2 heterocycles. The first-order valence-corrected chi connectivity index (χ1v) is 7.25. The van der Waals surface area contributed by atoms with Crippen LogP contribution in [0.3, 0.4) is 0 Å². The summed E-state index contributed by atoms with van der Waals surface area (Å²) in [5, 5.41) is 12.4. The molecule has 0 aromatic carbocycles. The number of ether oxygens (including phenoxy) is 1. The van der Waals surface area contributed by atoms with E-state index in [1.165, 1.54) is 0 Å². The molecular weight excluding hydrogens is 260 g/mol. The standard InChI is InChI=1S/C14H24N2O4/c1-8(12-11(9(2)17)13(18)15-12)14(19)16-6-4-10(20-3)5-7-16/h8-12,17H,4-7H2,1-3H3,(H,15,18)/t8?,9?,11-,12-/m1/s1. The van der Waals surface area contributed by atoms with E-state index in [-0.39, 0.29) is 29.9 Å². The third-order valence-electron chi connectivity index (χ3n) is 4.53. The van der Waals surface area contributed by atoms with E-state index in [1.54, 1.807) is 14.0 Å². The van der Waals surface area contributed by atoms with Crippen LogP contribution in [-0.4, -0.2) is 60.3 Å². The van der Waals surface area contributed by atoms with Gasteiger partial charge in [0, 0.05) is 20.2 Å². The number of aliphatic hydroxyl groups excluding tert-OH is 1. The van der Waals surface area contributed by atoms with E-state index >= 15 is 0 Å². The van der Waals surface area contributed by atoms with E-state index in [1.807, 2.05) is 11.8 Å². The van der Waals surface area contributed by atoms with Crippen molar-refractivity contribution in [3.8, 4) is 0 Å². The molecule has 0 saturated carbocycles. The second-order valence-corrected chi connectivity index (χ2v) is 5.85. The number of amides is 2. The lowest BCUT2D eigenvalue weighted by molar-refractivity contribution is -0.149. The summed E-state index contributed by atoms with van der Waals surface area (Å²) < 4.78 is 5.29. The summed E-state index contributed by atoms with van der Waals surface area (Å²) in [6.45, 7) is 4.81. The van der Waals surface area contributed by atoms with E-state index in [9.17, 15) is 14.7 Å². The van der Waals surface area contributed by atoms with Gasteiger partial charge in [0.25, 0.3) is 0 Å². The Balaban J connectivity index is 1.91. The van der Waals surface area contributed by atoms with Crippen LogP contribution in [0.5, 0.6) is 0 Å². The SMILES string of the molecule is COC1CCN(C(=O)C(C)[C@H]2NC(=O)[C@@H]2C(C)O)CC1. The van der Waals surface area contributed by atoms with E-state index in [4.69, 9.17) is 4.74 Å². The van der Waals surface area contributed by atoms with Gasteiger partial charge in [0.1, 0.15) is 0 Å². The first kappa shape index (κ1) is 15.3. The van der Waals surface area contributed by atoms with Gasteiger partial charge >= 0.3 is 0 Å². The van der Waals surface area contributed by atoms with Gasteiger partial charge in [0.05, 0.1) is 30.1 Å². The number of methoxy groups -OCH3 is 1. The van der Waals surface area contributed by atoms with Crippen LogP contribution in [0.15, 0.2) is 0 Å².